The number of pyridine rings is 1. The van der Waals surface area contributed by atoms with Crippen molar-refractivity contribution in [2.45, 2.75) is 13.0 Å². The van der Waals surface area contributed by atoms with Gasteiger partial charge in [0, 0.05) is 30.6 Å². The van der Waals surface area contributed by atoms with E-state index in [4.69, 9.17) is 10.7 Å². The average molecular weight is 637 g/mol. The number of aryl methyl sites for hydroxylation is 1. The first-order valence-electron chi connectivity index (χ1n) is 13.9. The molecule has 0 fully saturated rings. The lowest BCUT2D eigenvalue weighted by atomic mass is 10.0. The number of hydrogen-bond acceptors (Lipinski definition) is 10. The molecule has 0 aliphatic rings. The minimum Gasteiger partial charge on any atom is -0.382 e. The van der Waals surface area contributed by atoms with Crippen molar-refractivity contribution in [3.8, 4) is 28.1 Å². The van der Waals surface area contributed by atoms with E-state index in [1.807, 2.05) is 36.5 Å². The SMILES string of the molecule is C[C@H](NC(=O)c1nc(-c2cncc(NS(C)(=O)=O)c2)cnc1N)c1nc2cccc(-c3cnn(C)c3)c2c(=O)n1-c1ccccc1. The third kappa shape index (κ3) is 6.03. The maximum absolute atomic E-state index is 14.3. The van der Waals surface area contributed by atoms with Crippen LogP contribution >= 0.6 is 0 Å². The smallest absolute Gasteiger partial charge is 0.274 e. The maximum Gasteiger partial charge on any atom is 0.274 e. The van der Waals surface area contributed by atoms with Crippen LogP contribution in [0.25, 0.3) is 39.0 Å². The van der Waals surface area contributed by atoms with Gasteiger partial charge in [-0.15, -0.1) is 0 Å². The second kappa shape index (κ2) is 11.9. The number of nitrogen functional groups attached to an aromatic ring is 1. The van der Waals surface area contributed by atoms with Crippen LogP contribution in [0.4, 0.5) is 11.5 Å². The van der Waals surface area contributed by atoms with Crippen molar-refractivity contribution in [1.29, 1.82) is 0 Å². The first-order chi connectivity index (χ1) is 22.0. The summed E-state index contributed by atoms with van der Waals surface area (Å²) in [7, 11) is -1.74. The molecule has 0 unspecified atom stereocenters. The lowest BCUT2D eigenvalue weighted by Gasteiger charge is -2.20. The Labute approximate surface area is 263 Å². The van der Waals surface area contributed by atoms with Gasteiger partial charge in [0.25, 0.3) is 11.5 Å². The van der Waals surface area contributed by atoms with Crippen molar-refractivity contribution in [3.05, 3.63) is 107 Å². The molecule has 15 heteroatoms. The number of rotatable bonds is 8. The van der Waals surface area contributed by atoms with Crippen LogP contribution < -0.4 is 21.3 Å². The molecule has 4 N–H and O–H groups in total. The molecule has 0 saturated heterocycles. The zero-order chi connectivity index (χ0) is 32.6. The monoisotopic (exact) mass is 636 g/mol. The van der Waals surface area contributed by atoms with Gasteiger partial charge in [-0.25, -0.2) is 23.4 Å². The number of para-hydroxylation sites is 1. The average Bonchev–Trinajstić information content (AvgIpc) is 3.46. The third-order valence-corrected chi connectivity index (χ3v) is 7.65. The molecule has 6 rings (SSSR count). The standard InChI is InChI=1S/C31H28N10O4S/c1-18(36-30(42)27-28(32)34-16-25(37-27)19-12-21(15-33-13-19)39-46(3,44)45)29-38-24-11-7-10-23(20-14-35-40(2)17-20)26(24)31(43)41(29)22-8-5-4-6-9-22/h4-18,39H,1-3H3,(H2,32,34)(H,36,42)/t18-/m0/s1. The van der Waals surface area contributed by atoms with Crippen LogP contribution in [-0.4, -0.2) is 54.9 Å². The predicted octanol–water partition coefficient (Wildman–Crippen LogP) is 3.08. The molecule has 1 amide bonds. The van der Waals surface area contributed by atoms with Gasteiger partial charge in [-0.3, -0.25) is 28.5 Å². The Morgan fingerprint density at radius 1 is 0.978 bits per heavy atom. The van der Waals surface area contributed by atoms with Crippen LogP contribution in [0, 0.1) is 0 Å². The highest BCUT2D eigenvalue weighted by atomic mass is 32.2. The van der Waals surface area contributed by atoms with Gasteiger partial charge in [0.05, 0.1) is 58.9 Å². The van der Waals surface area contributed by atoms with Crippen LogP contribution in [0.5, 0.6) is 0 Å². The van der Waals surface area contributed by atoms with Crippen LogP contribution in [0.15, 0.2) is 90.4 Å². The summed E-state index contributed by atoms with van der Waals surface area (Å²) in [5, 5.41) is 7.53. The molecule has 4 heterocycles. The first-order valence-corrected chi connectivity index (χ1v) is 15.8. The summed E-state index contributed by atoms with van der Waals surface area (Å²) in [6.07, 6.45) is 8.68. The fourth-order valence-corrected chi connectivity index (χ4v) is 5.59. The highest BCUT2D eigenvalue weighted by Crippen LogP contribution is 2.28. The number of amides is 1. The first kappa shape index (κ1) is 30.1. The van der Waals surface area contributed by atoms with E-state index in [2.05, 4.69) is 30.1 Å². The Bertz CT molecular complexity index is 2280. The van der Waals surface area contributed by atoms with Crippen LogP contribution in [0.2, 0.25) is 0 Å². The molecule has 14 nitrogen and oxygen atoms in total. The number of benzene rings is 2. The molecule has 0 radical (unpaired) electrons. The van der Waals surface area contributed by atoms with E-state index in [0.29, 0.717) is 27.7 Å². The number of carbonyl (C=O) groups excluding carboxylic acids is 1. The van der Waals surface area contributed by atoms with Crippen LogP contribution in [-0.2, 0) is 17.1 Å². The van der Waals surface area contributed by atoms with Gasteiger partial charge < -0.3 is 11.1 Å². The van der Waals surface area contributed by atoms with Crippen molar-refractivity contribution < 1.29 is 13.2 Å². The molecule has 4 aromatic heterocycles. The number of nitrogens with two attached hydrogens (primary N) is 1. The highest BCUT2D eigenvalue weighted by Gasteiger charge is 2.24. The summed E-state index contributed by atoms with van der Waals surface area (Å²) < 4.78 is 28.8. The van der Waals surface area contributed by atoms with E-state index >= 15 is 0 Å². The Morgan fingerprint density at radius 3 is 2.48 bits per heavy atom. The largest absolute Gasteiger partial charge is 0.382 e. The second-order valence-electron chi connectivity index (χ2n) is 10.6. The molecule has 2 aromatic carbocycles. The topological polar surface area (TPSA) is 193 Å². The lowest BCUT2D eigenvalue weighted by Crippen LogP contribution is -2.34. The van der Waals surface area contributed by atoms with Gasteiger partial charge >= 0.3 is 0 Å². The van der Waals surface area contributed by atoms with E-state index in [1.54, 1.807) is 43.0 Å². The van der Waals surface area contributed by atoms with Gasteiger partial charge in [0.1, 0.15) is 5.82 Å². The van der Waals surface area contributed by atoms with Crippen molar-refractivity contribution in [2.75, 3.05) is 16.7 Å². The summed E-state index contributed by atoms with van der Waals surface area (Å²) in [4.78, 5) is 45.3. The van der Waals surface area contributed by atoms with Gasteiger partial charge in [-0.1, -0.05) is 30.3 Å². The number of nitrogens with zero attached hydrogens (tertiary/aromatic N) is 7. The minimum absolute atomic E-state index is 0.125. The van der Waals surface area contributed by atoms with E-state index in [0.717, 1.165) is 11.8 Å². The lowest BCUT2D eigenvalue weighted by molar-refractivity contribution is 0.0933. The molecule has 0 aliphatic carbocycles. The molecule has 0 aliphatic heterocycles. The Hall–Kier alpha value is -5.96. The second-order valence-corrected chi connectivity index (χ2v) is 12.3. The molecule has 232 valence electrons. The quantitative estimate of drug-likeness (QED) is 0.224. The number of sulfonamides is 1. The predicted molar refractivity (Wildman–Crippen MR) is 174 cm³/mol. The molecule has 0 bridgehead atoms. The summed E-state index contributed by atoms with van der Waals surface area (Å²) in [6, 6.07) is 15.2. The van der Waals surface area contributed by atoms with Crippen LogP contribution in [0.1, 0.15) is 29.3 Å². The van der Waals surface area contributed by atoms with Gasteiger partial charge in [-0.05, 0) is 36.8 Å². The summed E-state index contributed by atoms with van der Waals surface area (Å²) in [5.74, 6) is -0.498. The zero-order valence-corrected chi connectivity index (χ0v) is 25.7. The zero-order valence-electron chi connectivity index (χ0n) is 24.9. The Kier molecular flexibility index (Phi) is 7.75. The molecular formula is C31H28N10O4S. The van der Waals surface area contributed by atoms with Gasteiger partial charge in [0.2, 0.25) is 10.0 Å². The number of anilines is 2. The molecular weight excluding hydrogens is 608 g/mol. The van der Waals surface area contributed by atoms with E-state index < -0.39 is 22.0 Å². The number of carbonyl (C=O) groups is 1. The van der Waals surface area contributed by atoms with Crippen molar-refractivity contribution in [2.24, 2.45) is 7.05 Å². The van der Waals surface area contributed by atoms with E-state index in [9.17, 15) is 18.0 Å². The highest BCUT2D eigenvalue weighted by molar-refractivity contribution is 7.92. The molecule has 6 aromatic rings. The number of hydrogen-bond donors (Lipinski definition) is 3. The third-order valence-electron chi connectivity index (χ3n) is 7.04. The molecule has 46 heavy (non-hydrogen) atoms. The summed E-state index contributed by atoms with van der Waals surface area (Å²) >= 11 is 0. The molecule has 1 atom stereocenters. The Balaban J connectivity index is 1.40. The van der Waals surface area contributed by atoms with Gasteiger partial charge in [-0.2, -0.15) is 5.10 Å². The number of fused-ring (bicyclic) bond motifs is 1. The van der Waals surface area contributed by atoms with E-state index in [-0.39, 0.29) is 34.3 Å². The van der Waals surface area contributed by atoms with E-state index in [1.165, 1.54) is 29.2 Å². The minimum atomic E-state index is -3.54. The van der Waals surface area contributed by atoms with Crippen molar-refractivity contribution in [3.63, 3.8) is 0 Å². The van der Waals surface area contributed by atoms with Crippen LogP contribution in [0.3, 0.4) is 0 Å². The van der Waals surface area contributed by atoms with Crippen molar-refractivity contribution in [1.82, 2.24) is 39.6 Å². The van der Waals surface area contributed by atoms with Crippen molar-refractivity contribution >= 4 is 38.3 Å². The number of aromatic nitrogens is 7. The molecule has 0 saturated carbocycles. The Morgan fingerprint density at radius 2 is 1.76 bits per heavy atom. The summed E-state index contributed by atoms with van der Waals surface area (Å²) in [5.41, 5.74) is 8.91. The maximum atomic E-state index is 14.3. The number of nitrogens with one attached hydrogen (secondary N) is 2. The van der Waals surface area contributed by atoms with Gasteiger partial charge in [0.15, 0.2) is 11.5 Å². The normalized spacial score (nSPS) is 12.2. The fourth-order valence-electron chi connectivity index (χ4n) is 5.05. The molecule has 0 spiro atoms. The fraction of sp³-hybridized carbons (Fsp3) is 0.129. The summed E-state index contributed by atoms with van der Waals surface area (Å²) in [6.45, 7) is 1.70.